The lowest BCUT2D eigenvalue weighted by atomic mass is 10.1. The average molecular weight is 385 g/mol. The Hall–Kier alpha value is -2.51. The molecule has 1 saturated heterocycles. The Kier molecular flexibility index (Phi) is 4.57. The topological polar surface area (TPSA) is 53.5 Å². The Labute approximate surface area is 158 Å². The van der Waals surface area contributed by atoms with Crippen LogP contribution in [-0.4, -0.2) is 43.9 Å². The second kappa shape index (κ2) is 6.90. The summed E-state index contributed by atoms with van der Waals surface area (Å²) in [5, 5.41) is 1.07. The summed E-state index contributed by atoms with van der Waals surface area (Å²) < 4.78 is 40.1. The monoisotopic (exact) mass is 385 g/mol. The number of aromatic nitrogens is 1. The van der Waals surface area contributed by atoms with E-state index in [2.05, 4.69) is 9.88 Å². The highest BCUT2D eigenvalue weighted by Gasteiger charge is 2.29. The van der Waals surface area contributed by atoms with E-state index < -0.39 is 15.8 Å². The van der Waals surface area contributed by atoms with Crippen LogP contribution in [-0.2, 0) is 10.0 Å². The van der Waals surface area contributed by atoms with Gasteiger partial charge < -0.3 is 4.90 Å². The van der Waals surface area contributed by atoms with Gasteiger partial charge in [-0.2, -0.15) is 4.31 Å². The summed E-state index contributed by atoms with van der Waals surface area (Å²) in [6, 6.07) is 15.0. The van der Waals surface area contributed by atoms with Gasteiger partial charge in [-0.05, 0) is 43.3 Å². The van der Waals surface area contributed by atoms with Crippen molar-refractivity contribution in [1.82, 2.24) is 9.29 Å². The summed E-state index contributed by atoms with van der Waals surface area (Å²) in [5.74, 6) is -0.446. The fourth-order valence-electron chi connectivity index (χ4n) is 3.47. The van der Waals surface area contributed by atoms with Crippen LogP contribution in [0.1, 0.15) is 5.69 Å². The fraction of sp³-hybridized carbons (Fsp3) is 0.250. The molecule has 7 heteroatoms. The second-order valence-electron chi connectivity index (χ2n) is 6.64. The van der Waals surface area contributed by atoms with Crippen LogP contribution in [0.5, 0.6) is 0 Å². The van der Waals surface area contributed by atoms with Gasteiger partial charge in [0, 0.05) is 42.9 Å². The number of nitrogens with zero attached hydrogens (tertiary/aromatic N) is 3. The molecule has 0 spiro atoms. The first-order chi connectivity index (χ1) is 12.9. The molecule has 0 atom stereocenters. The first-order valence-electron chi connectivity index (χ1n) is 8.82. The molecule has 1 aliphatic rings. The van der Waals surface area contributed by atoms with Gasteiger partial charge in [-0.3, -0.25) is 4.98 Å². The zero-order chi connectivity index (χ0) is 19.0. The predicted octanol–water partition coefficient (Wildman–Crippen LogP) is 3.19. The van der Waals surface area contributed by atoms with E-state index in [9.17, 15) is 12.8 Å². The normalized spacial score (nSPS) is 16.0. The third-order valence-corrected chi connectivity index (χ3v) is 6.77. The van der Waals surface area contributed by atoms with E-state index in [4.69, 9.17) is 0 Å². The molecule has 0 saturated carbocycles. The van der Waals surface area contributed by atoms with Crippen LogP contribution in [0.15, 0.2) is 59.5 Å². The summed E-state index contributed by atoms with van der Waals surface area (Å²) in [6.45, 7) is 3.91. The van der Waals surface area contributed by atoms with Crippen molar-refractivity contribution in [2.45, 2.75) is 11.8 Å². The van der Waals surface area contributed by atoms with E-state index in [0.29, 0.717) is 26.2 Å². The molecule has 3 aromatic rings. The Bertz CT molecular complexity index is 1080. The number of aryl methyl sites for hydroxylation is 1. The highest BCUT2D eigenvalue weighted by molar-refractivity contribution is 7.89. The Balaban J connectivity index is 1.57. The zero-order valence-corrected chi connectivity index (χ0v) is 15.8. The SMILES string of the molecule is Cc1cc(N2CCN(S(=O)(=O)c3ccc(F)cc3)CC2)c2ccccc2n1. The third kappa shape index (κ3) is 3.40. The second-order valence-corrected chi connectivity index (χ2v) is 8.58. The Morgan fingerprint density at radius 1 is 0.963 bits per heavy atom. The minimum absolute atomic E-state index is 0.127. The zero-order valence-electron chi connectivity index (χ0n) is 15.0. The van der Waals surface area contributed by atoms with Gasteiger partial charge >= 0.3 is 0 Å². The Morgan fingerprint density at radius 2 is 1.63 bits per heavy atom. The number of anilines is 1. The molecule has 0 amide bonds. The van der Waals surface area contributed by atoms with Crippen LogP contribution in [0.25, 0.3) is 10.9 Å². The first kappa shape index (κ1) is 17.9. The molecule has 0 bridgehead atoms. The number of fused-ring (bicyclic) bond motifs is 1. The molecule has 0 unspecified atom stereocenters. The fourth-order valence-corrected chi connectivity index (χ4v) is 4.89. The molecule has 1 aromatic heterocycles. The first-order valence-corrected chi connectivity index (χ1v) is 10.3. The van der Waals surface area contributed by atoms with Gasteiger partial charge in [-0.1, -0.05) is 18.2 Å². The van der Waals surface area contributed by atoms with E-state index in [-0.39, 0.29) is 4.90 Å². The van der Waals surface area contributed by atoms with Crippen LogP contribution in [0, 0.1) is 12.7 Å². The number of rotatable bonds is 3. The van der Waals surface area contributed by atoms with Crippen molar-refractivity contribution >= 4 is 26.6 Å². The molecule has 27 heavy (non-hydrogen) atoms. The van der Waals surface area contributed by atoms with Gasteiger partial charge in [-0.25, -0.2) is 12.8 Å². The van der Waals surface area contributed by atoms with E-state index in [1.807, 2.05) is 37.3 Å². The van der Waals surface area contributed by atoms with Crippen LogP contribution in [0.2, 0.25) is 0 Å². The molecule has 140 valence electrons. The number of hydrogen-bond donors (Lipinski definition) is 0. The van der Waals surface area contributed by atoms with Crippen molar-refractivity contribution in [2.24, 2.45) is 0 Å². The summed E-state index contributed by atoms with van der Waals surface area (Å²) in [5.41, 5.74) is 2.95. The van der Waals surface area contributed by atoms with Gasteiger partial charge in [-0.15, -0.1) is 0 Å². The molecule has 2 aromatic carbocycles. The molecular weight excluding hydrogens is 365 g/mol. The van der Waals surface area contributed by atoms with E-state index in [1.165, 1.54) is 28.6 Å². The van der Waals surface area contributed by atoms with Crippen molar-refractivity contribution in [2.75, 3.05) is 31.1 Å². The summed E-state index contributed by atoms with van der Waals surface area (Å²) in [7, 11) is -3.61. The van der Waals surface area contributed by atoms with Crippen LogP contribution in [0.4, 0.5) is 10.1 Å². The van der Waals surface area contributed by atoms with Gasteiger partial charge in [0.05, 0.1) is 10.4 Å². The van der Waals surface area contributed by atoms with Crippen molar-refractivity contribution in [3.8, 4) is 0 Å². The largest absolute Gasteiger partial charge is 0.368 e. The van der Waals surface area contributed by atoms with Crippen LogP contribution >= 0.6 is 0 Å². The number of sulfonamides is 1. The Morgan fingerprint density at radius 3 is 2.33 bits per heavy atom. The number of halogens is 1. The molecule has 1 aliphatic heterocycles. The van der Waals surface area contributed by atoms with E-state index >= 15 is 0 Å². The highest BCUT2D eigenvalue weighted by Crippen LogP contribution is 2.28. The maximum Gasteiger partial charge on any atom is 0.243 e. The maximum atomic E-state index is 13.1. The van der Waals surface area contributed by atoms with E-state index in [1.54, 1.807) is 0 Å². The molecule has 0 aliphatic carbocycles. The van der Waals surface area contributed by atoms with Gasteiger partial charge in [0.25, 0.3) is 0 Å². The molecule has 2 heterocycles. The molecule has 4 rings (SSSR count). The number of piperazine rings is 1. The molecule has 0 radical (unpaired) electrons. The van der Waals surface area contributed by atoms with Gasteiger partial charge in [0.15, 0.2) is 0 Å². The maximum absolute atomic E-state index is 13.1. The van der Waals surface area contributed by atoms with Gasteiger partial charge in [0.2, 0.25) is 10.0 Å². The number of benzene rings is 2. The standard InChI is InChI=1S/C20H20FN3O2S/c1-15-14-20(18-4-2-3-5-19(18)22-15)23-10-12-24(13-11-23)27(25,26)17-8-6-16(21)7-9-17/h2-9,14H,10-13H2,1H3. The van der Waals surface area contributed by atoms with Crippen molar-refractivity contribution in [3.05, 3.63) is 66.1 Å². The van der Waals surface area contributed by atoms with Crippen molar-refractivity contribution in [1.29, 1.82) is 0 Å². The minimum atomic E-state index is -3.61. The molecule has 5 nitrogen and oxygen atoms in total. The summed E-state index contributed by atoms with van der Waals surface area (Å²) in [4.78, 5) is 6.90. The molecular formula is C20H20FN3O2S. The number of pyridine rings is 1. The van der Waals surface area contributed by atoms with Crippen molar-refractivity contribution in [3.63, 3.8) is 0 Å². The third-order valence-electron chi connectivity index (χ3n) is 4.85. The van der Waals surface area contributed by atoms with Crippen molar-refractivity contribution < 1.29 is 12.8 Å². The average Bonchev–Trinajstić information content (AvgIpc) is 2.68. The van der Waals surface area contributed by atoms with Crippen LogP contribution in [0.3, 0.4) is 0 Å². The number of para-hydroxylation sites is 1. The molecule has 0 N–H and O–H groups in total. The highest BCUT2D eigenvalue weighted by atomic mass is 32.2. The van der Waals surface area contributed by atoms with E-state index in [0.717, 1.165) is 22.3 Å². The number of hydrogen-bond acceptors (Lipinski definition) is 4. The predicted molar refractivity (Wildman–Crippen MR) is 104 cm³/mol. The summed E-state index contributed by atoms with van der Waals surface area (Å²) in [6.07, 6.45) is 0. The smallest absolute Gasteiger partial charge is 0.243 e. The lowest BCUT2D eigenvalue weighted by molar-refractivity contribution is 0.385. The van der Waals surface area contributed by atoms with Crippen LogP contribution < -0.4 is 4.90 Å². The lowest BCUT2D eigenvalue weighted by Gasteiger charge is -2.36. The molecule has 1 fully saturated rings. The van der Waals surface area contributed by atoms with Gasteiger partial charge in [0.1, 0.15) is 5.82 Å². The summed E-state index contributed by atoms with van der Waals surface area (Å²) >= 11 is 0. The lowest BCUT2D eigenvalue weighted by Crippen LogP contribution is -2.48. The minimum Gasteiger partial charge on any atom is -0.368 e. The quantitative estimate of drug-likeness (QED) is 0.695.